The van der Waals surface area contributed by atoms with Gasteiger partial charge in [0.1, 0.15) is 12.6 Å². The van der Waals surface area contributed by atoms with Gasteiger partial charge in [-0.2, -0.15) is 0 Å². The van der Waals surface area contributed by atoms with E-state index in [0.717, 1.165) is 51.4 Å². The van der Waals surface area contributed by atoms with E-state index in [-0.39, 0.29) is 25.2 Å². The topological polar surface area (TPSA) is 242 Å². The van der Waals surface area contributed by atoms with Crippen LogP contribution in [-0.4, -0.2) is 99.8 Å². The summed E-state index contributed by atoms with van der Waals surface area (Å²) in [6.45, 7) is 2.43. The molecule has 0 bridgehead atoms. The first-order chi connectivity index (χ1) is 30.8. The van der Waals surface area contributed by atoms with Gasteiger partial charge in [-0.05, 0) is 57.8 Å². The predicted molar refractivity (Wildman–Crippen MR) is 248 cm³/mol. The second kappa shape index (κ2) is 38.6. The van der Waals surface area contributed by atoms with Gasteiger partial charge >= 0.3 is 25.7 Å². The Morgan fingerprint density at radius 3 is 1.88 bits per heavy atom. The Morgan fingerprint density at radius 2 is 1.25 bits per heavy atom. The summed E-state index contributed by atoms with van der Waals surface area (Å²) in [6, 6.07) is -1.57. The maximum Gasteiger partial charge on any atom is 0.472 e. The first-order valence-corrected chi connectivity index (χ1v) is 25.9. The molecular weight excluding hydrogens is 845 g/mol. The van der Waals surface area contributed by atoms with Gasteiger partial charge in [0.05, 0.1) is 31.5 Å². The largest absolute Gasteiger partial charge is 0.480 e. The number of aliphatic hydroxyl groups is 3. The molecule has 0 aromatic carbocycles. The van der Waals surface area contributed by atoms with Crippen LogP contribution in [0.4, 0.5) is 0 Å². The average molecular weight is 932 g/mol. The smallest absolute Gasteiger partial charge is 0.472 e. The zero-order valence-corrected chi connectivity index (χ0v) is 40.0. The van der Waals surface area contributed by atoms with Gasteiger partial charge in [-0.3, -0.25) is 23.4 Å². The molecule has 1 aliphatic rings. The molecule has 16 heteroatoms. The normalized spacial score (nSPS) is 20.4. The van der Waals surface area contributed by atoms with Crippen molar-refractivity contribution in [3.8, 4) is 0 Å². The second-order valence-corrected chi connectivity index (χ2v) is 18.6. The average Bonchev–Trinajstić information content (AvgIpc) is 3.25. The lowest BCUT2D eigenvalue weighted by Gasteiger charge is -2.36. The molecule has 372 valence electrons. The monoisotopic (exact) mass is 932 g/mol. The van der Waals surface area contributed by atoms with Gasteiger partial charge in [0, 0.05) is 25.2 Å². The molecule has 0 aliphatic carbocycles. The van der Waals surface area contributed by atoms with Crippen molar-refractivity contribution >= 4 is 25.7 Å². The first-order valence-electron chi connectivity index (χ1n) is 24.4. The van der Waals surface area contributed by atoms with Gasteiger partial charge in [0.2, 0.25) is 0 Å². The lowest BCUT2D eigenvalue weighted by atomic mass is 9.87. The third-order valence-corrected chi connectivity index (χ3v) is 12.1. The Hall–Kier alpha value is -2.46. The Balaban J connectivity index is 2.47. The van der Waals surface area contributed by atoms with Crippen molar-refractivity contribution in [2.24, 2.45) is 11.7 Å². The molecule has 1 heterocycles. The van der Waals surface area contributed by atoms with Gasteiger partial charge in [-0.15, -0.1) is 0 Å². The number of phosphoric ester groups is 1. The number of allylic oxidation sites excluding steroid dienone is 4. The molecule has 0 amide bonds. The van der Waals surface area contributed by atoms with Crippen LogP contribution in [0.25, 0.3) is 0 Å². The summed E-state index contributed by atoms with van der Waals surface area (Å²) in [5.41, 5.74) is 5.34. The lowest BCUT2D eigenvalue weighted by Crippen LogP contribution is -2.43. The summed E-state index contributed by atoms with van der Waals surface area (Å²) in [5, 5.41) is 39.9. The summed E-state index contributed by atoms with van der Waals surface area (Å²) in [7, 11) is -4.80. The van der Waals surface area contributed by atoms with E-state index in [2.05, 4.69) is 30.5 Å². The van der Waals surface area contributed by atoms with Crippen molar-refractivity contribution < 1.29 is 67.5 Å². The van der Waals surface area contributed by atoms with Crippen LogP contribution in [0.3, 0.4) is 0 Å². The number of carboxylic acid groups (broad SMARTS) is 1. The fraction of sp³-hybridized carbons (Fsp3) is 0.812. The van der Waals surface area contributed by atoms with Crippen LogP contribution in [0.15, 0.2) is 36.5 Å². The number of unbranched alkanes of at least 4 members (excludes halogenated alkanes) is 18. The molecule has 0 aromatic heterocycles. The van der Waals surface area contributed by atoms with Crippen LogP contribution >= 0.6 is 7.82 Å². The summed E-state index contributed by atoms with van der Waals surface area (Å²) < 4.78 is 38.4. The van der Waals surface area contributed by atoms with Gasteiger partial charge < -0.3 is 45.3 Å². The molecule has 0 spiro atoms. The van der Waals surface area contributed by atoms with Crippen LogP contribution in [0.5, 0.6) is 0 Å². The van der Waals surface area contributed by atoms with Gasteiger partial charge in [0.15, 0.2) is 12.4 Å². The fourth-order valence-corrected chi connectivity index (χ4v) is 8.00. The molecule has 1 fully saturated rings. The highest BCUT2D eigenvalue weighted by Crippen LogP contribution is 2.43. The fourth-order valence-electron chi connectivity index (χ4n) is 7.22. The van der Waals surface area contributed by atoms with E-state index in [0.29, 0.717) is 32.1 Å². The van der Waals surface area contributed by atoms with Crippen LogP contribution in [0, 0.1) is 5.92 Å². The minimum absolute atomic E-state index is 0.0329. The molecule has 1 aliphatic heterocycles. The molecule has 0 saturated carbocycles. The number of rotatable bonds is 41. The number of aliphatic hydroxyl groups excluding tert-OH is 3. The van der Waals surface area contributed by atoms with E-state index in [1.165, 1.54) is 70.6 Å². The molecule has 0 aromatic rings. The minimum atomic E-state index is -4.80. The zero-order valence-electron chi connectivity index (χ0n) is 39.2. The SMILES string of the molecule is CCCCCCCC/C=C\CCCCCCCCCCCC(=O)OC[C@H](COP(=O)(O)OC[C@H](N)C(=O)O)OC(=O)CCC/C=C\C[C@H]1[C@@H](O)CC(O)O[C@@H]1/C=C/[C@@H](O)CCCCC. The standard InChI is InChI=1S/C48H86NO14P/c1-3-5-7-8-9-10-11-12-13-14-15-16-17-18-19-20-21-22-27-31-45(52)59-36-40(37-60-64(57,58)61-38-42(49)48(55)56)62-46(53)32-28-24-23-26-30-41-43(51)35-47(54)63-44(41)34-33-39(50)29-25-6-4-2/h12-13,23,26,33-34,39-44,47,50-51,54H,3-11,14-22,24-25,27-32,35-38,49H2,1-2H3,(H,55,56)(H,57,58)/b13-12-,26-23-,34-33+/t39-,40+,41-,42-,43-,44+,47?/m0/s1. The maximum absolute atomic E-state index is 12.8. The lowest BCUT2D eigenvalue weighted by molar-refractivity contribution is -0.199. The van der Waals surface area contributed by atoms with Crippen molar-refractivity contribution in [3.05, 3.63) is 36.5 Å². The van der Waals surface area contributed by atoms with Crippen LogP contribution in [-0.2, 0) is 42.2 Å². The highest BCUT2D eigenvalue weighted by Gasteiger charge is 2.35. The summed E-state index contributed by atoms with van der Waals surface area (Å²) >= 11 is 0. The number of nitrogens with two attached hydrogens (primary N) is 1. The van der Waals surface area contributed by atoms with Gasteiger partial charge in [-0.25, -0.2) is 4.57 Å². The Bertz CT molecular complexity index is 1350. The molecule has 2 unspecified atom stereocenters. The molecule has 64 heavy (non-hydrogen) atoms. The number of carbonyl (C=O) groups excluding carboxylic acids is 2. The van der Waals surface area contributed by atoms with Gasteiger partial charge in [-0.1, -0.05) is 147 Å². The number of esters is 2. The second-order valence-electron chi connectivity index (χ2n) is 17.1. The Morgan fingerprint density at radius 1 is 0.719 bits per heavy atom. The Kier molecular flexibility index (Phi) is 35.9. The quantitative estimate of drug-likeness (QED) is 0.0145. The number of phosphoric acid groups is 1. The summed E-state index contributed by atoms with van der Waals surface area (Å²) in [4.78, 5) is 46.4. The van der Waals surface area contributed by atoms with Crippen LogP contribution in [0.1, 0.15) is 187 Å². The van der Waals surface area contributed by atoms with E-state index in [1.807, 2.05) is 12.2 Å². The zero-order chi connectivity index (χ0) is 47.3. The molecule has 0 radical (unpaired) electrons. The molecule has 1 rings (SSSR count). The highest BCUT2D eigenvalue weighted by molar-refractivity contribution is 7.47. The number of carbonyl (C=O) groups is 3. The summed E-state index contributed by atoms with van der Waals surface area (Å²) in [5.74, 6) is -2.96. The van der Waals surface area contributed by atoms with Crippen LogP contribution in [0.2, 0.25) is 0 Å². The molecule has 8 atom stereocenters. The van der Waals surface area contributed by atoms with Crippen molar-refractivity contribution in [1.29, 1.82) is 0 Å². The summed E-state index contributed by atoms with van der Waals surface area (Å²) in [6.07, 6.45) is 32.5. The van der Waals surface area contributed by atoms with Gasteiger partial charge in [0.25, 0.3) is 0 Å². The molecule has 1 saturated heterocycles. The van der Waals surface area contributed by atoms with E-state index in [4.69, 9.17) is 29.6 Å². The number of hydrogen-bond acceptors (Lipinski definition) is 13. The van der Waals surface area contributed by atoms with Crippen molar-refractivity contribution in [2.45, 2.75) is 224 Å². The molecule has 7 N–H and O–H groups in total. The molecule has 15 nitrogen and oxygen atoms in total. The van der Waals surface area contributed by atoms with Crippen LogP contribution < -0.4 is 5.73 Å². The minimum Gasteiger partial charge on any atom is -0.480 e. The predicted octanol–water partition coefficient (Wildman–Crippen LogP) is 9.28. The van der Waals surface area contributed by atoms with E-state index in [9.17, 15) is 39.2 Å². The van der Waals surface area contributed by atoms with Crippen molar-refractivity contribution in [1.82, 2.24) is 0 Å². The number of hydrogen-bond donors (Lipinski definition) is 6. The third kappa shape index (κ3) is 33.1. The number of carboxylic acids is 1. The van der Waals surface area contributed by atoms with Crippen molar-refractivity contribution in [2.75, 3.05) is 19.8 Å². The van der Waals surface area contributed by atoms with E-state index in [1.54, 1.807) is 12.2 Å². The first kappa shape index (κ1) is 59.6. The highest BCUT2D eigenvalue weighted by atomic mass is 31.2. The van der Waals surface area contributed by atoms with Crippen molar-refractivity contribution in [3.63, 3.8) is 0 Å². The third-order valence-electron chi connectivity index (χ3n) is 11.2. The van der Waals surface area contributed by atoms with E-state index < -0.39 is 82.3 Å². The number of aliphatic carboxylic acids is 1. The number of ether oxygens (including phenoxy) is 3. The molecular formula is C48H86NO14P. The maximum atomic E-state index is 12.8. The Labute approximate surface area is 384 Å². The van der Waals surface area contributed by atoms with E-state index >= 15 is 0 Å².